The average Bonchev–Trinajstić information content (AvgIpc) is 2.15. The summed E-state index contributed by atoms with van der Waals surface area (Å²) in [6, 6.07) is 3.36. The molecule has 0 saturated heterocycles. The predicted octanol–water partition coefficient (Wildman–Crippen LogP) is 0.838. The number of phenols is 2. The Labute approximate surface area is 94.7 Å². The number of thiocarbonyl (C=S) groups is 1. The van der Waals surface area contributed by atoms with E-state index in [1.165, 1.54) is 6.07 Å². The van der Waals surface area contributed by atoms with Gasteiger partial charge in [0.2, 0.25) is 0 Å². The van der Waals surface area contributed by atoms with Crippen LogP contribution in [0.3, 0.4) is 0 Å². The first-order chi connectivity index (χ1) is 7.49. The molecule has 0 fully saturated rings. The Morgan fingerprint density at radius 2 is 2.00 bits per heavy atom. The van der Waals surface area contributed by atoms with Crippen molar-refractivity contribution in [2.24, 2.45) is 5.73 Å². The first-order valence-electron chi connectivity index (χ1n) is 4.28. The largest absolute Gasteiger partial charge is 0.508 e. The SMILES string of the molecule is NC(=S)c1cc(=O)c2c(O)cc(O)cc2o1. The van der Waals surface area contributed by atoms with Gasteiger partial charge in [-0.2, -0.15) is 0 Å². The van der Waals surface area contributed by atoms with E-state index < -0.39 is 5.43 Å². The Kier molecular flexibility index (Phi) is 2.28. The molecule has 0 aliphatic heterocycles. The van der Waals surface area contributed by atoms with Crippen molar-refractivity contribution in [1.29, 1.82) is 0 Å². The molecule has 0 spiro atoms. The van der Waals surface area contributed by atoms with Gasteiger partial charge in [0.15, 0.2) is 11.2 Å². The summed E-state index contributed by atoms with van der Waals surface area (Å²) in [6.45, 7) is 0. The summed E-state index contributed by atoms with van der Waals surface area (Å²) in [7, 11) is 0. The molecule has 1 aromatic carbocycles. The third kappa shape index (κ3) is 1.59. The number of hydrogen-bond donors (Lipinski definition) is 3. The monoisotopic (exact) mass is 237 g/mol. The molecule has 2 rings (SSSR count). The molecule has 5 nitrogen and oxygen atoms in total. The van der Waals surface area contributed by atoms with Crippen LogP contribution in [0, 0.1) is 0 Å². The molecule has 16 heavy (non-hydrogen) atoms. The Morgan fingerprint density at radius 1 is 1.31 bits per heavy atom. The highest BCUT2D eigenvalue weighted by atomic mass is 32.1. The lowest BCUT2D eigenvalue weighted by Crippen LogP contribution is -2.13. The standard InChI is InChI=1S/C10H7NO4S/c11-10(16)8-3-6(14)9-5(13)1-4(12)2-7(9)15-8/h1-3,12-13H,(H2,11,16). The lowest BCUT2D eigenvalue weighted by molar-refractivity contribution is 0.452. The van der Waals surface area contributed by atoms with E-state index in [4.69, 9.17) is 10.2 Å². The zero-order valence-corrected chi connectivity index (χ0v) is 8.75. The van der Waals surface area contributed by atoms with E-state index >= 15 is 0 Å². The van der Waals surface area contributed by atoms with Crippen molar-refractivity contribution in [3.63, 3.8) is 0 Å². The highest BCUT2D eigenvalue weighted by molar-refractivity contribution is 7.80. The van der Waals surface area contributed by atoms with Gasteiger partial charge in [0, 0.05) is 18.2 Å². The van der Waals surface area contributed by atoms with E-state index in [0.29, 0.717) is 0 Å². The summed E-state index contributed by atoms with van der Waals surface area (Å²) in [4.78, 5) is 11.6. The van der Waals surface area contributed by atoms with E-state index in [-0.39, 0.29) is 33.2 Å². The smallest absolute Gasteiger partial charge is 0.197 e. The molecule has 0 unspecified atom stereocenters. The van der Waals surface area contributed by atoms with Crippen molar-refractivity contribution in [3.05, 3.63) is 34.2 Å². The highest BCUT2D eigenvalue weighted by Crippen LogP contribution is 2.27. The van der Waals surface area contributed by atoms with Gasteiger partial charge in [-0.1, -0.05) is 12.2 Å². The fraction of sp³-hybridized carbons (Fsp3) is 0. The molecule has 0 bridgehead atoms. The zero-order chi connectivity index (χ0) is 11.9. The van der Waals surface area contributed by atoms with Crippen molar-refractivity contribution in [1.82, 2.24) is 0 Å². The Bertz CT molecular complexity index is 647. The number of rotatable bonds is 1. The van der Waals surface area contributed by atoms with E-state index in [2.05, 4.69) is 12.2 Å². The fourth-order valence-electron chi connectivity index (χ4n) is 1.38. The second kappa shape index (κ2) is 3.49. The van der Waals surface area contributed by atoms with E-state index in [0.717, 1.165) is 12.1 Å². The van der Waals surface area contributed by atoms with Gasteiger partial charge in [0.05, 0.1) is 0 Å². The summed E-state index contributed by atoms with van der Waals surface area (Å²) in [6.07, 6.45) is 0. The quantitative estimate of drug-likeness (QED) is 0.636. The van der Waals surface area contributed by atoms with Gasteiger partial charge in [0.1, 0.15) is 27.5 Å². The third-order valence-electron chi connectivity index (χ3n) is 2.04. The summed E-state index contributed by atoms with van der Waals surface area (Å²) < 4.78 is 5.18. The summed E-state index contributed by atoms with van der Waals surface area (Å²) in [5.41, 5.74) is 4.89. The van der Waals surface area contributed by atoms with Gasteiger partial charge < -0.3 is 20.4 Å². The van der Waals surface area contributed by atoms with Crippen molar-refractivity contribution in [2.75, 3.05) is 0 Å². The fourth-order valence-corrected chi connectivity index (χ4v) is 1.48. The van der Waals surface area contributed by atoms with Crippen LogP contribution in [0.2, 0.25) is 0 Å². The third-order valence-corrected chi connectivity index (χ3v) is 2.24. The van der Waals surface area contributed by atoms with Crippen LogP contribution < -0.4 is 11.2 Å². The summed E-state index contributed by atoms with van der Waals surface area (Å²) >= 11 is 4.67. The van der Waals surface area contributed by atoms with E-state index in [1.54, 1.807) is 0 Å². The number of aromatic hydroxyl groups is 2. The van der Waals surface area contributed by atoms with Crippen molar-refractivity contribution < 1.29 is 14.6 Å². The Balaban J connectivity index is 2.93. The highest BCUT2D eigenvalue weighted by Gasteiger charge is 2.11. The molecule has 0 atom stereocenters. The molecule has 82 valence electrons. The van der Waals surface area contributed by atoms with Crippen LogP contribution in [-0.2, 0) is 0 Å². The number of nitrogens with two attached hydrogens (primary N) is 1. The van der Waals surface area contributed by atoms with Crippen LogP contribution in [0.5, 0.6) is 11.5 Å². The van der Waals surface area contributed by atoms with Gasteiger partial charge in [0.25, 0.3) is 0 Å². The van der Waals surface area contributed by atoms with Crippen molar-refractivity contribution >= 4 is 28.2 Å². The number of hydrogen-bond acceptors (Lipinski definition) is 5. The Hall–Kier alpha value is -2.08. The maximum absolute atomic E-state index is 11.6. The second-order valence-corrected chi connectivity index (χ2v) is 3.62. The van der Waals surface area contributed by atoms with Crippen LogP contribution in [0.4, 0.5) is 0 Å². The van der Waals surface area contributed by atoms with E-state index in [9.17, 15) is 15.0 Å². The van der Waals surface area contributed by atoms with Crippen LogP contribution >= 0.6 is 12.2 Å². The molecule has 0 saturated carbocycles. The molecule has 0 aliphatic carbocycles. The number of benzene rings is 1. The van der Waals surface area contributed by atoms with Crippen molar-refractivity contribution in [2.45, 2.75) is 0 Å². The maximum atomic E-state index is 11.6. The van der Waals surface area contributed by atoms with Gasteiger partial charge in [-0.05, 0) is 0 Å². The number of phenolic OH excluding ortho intramolecular Hbond substituents is 2. The normalized spacial score (nSPS) is 10.5. The van der Waals surface area contributed by atoms with Crippen LogP contribution in [0.15, 0.2) is 27.4 Å². The molecule has 4 N–H and O–H groups in total. The molecular formula is C10H7NO4S. The lowest BCUT2D eigenvalue weighted by atomic mass is 10.2. The summed E-state index contributed by atoms with van der Waals surface area (Å²) in [5, 5.41) is 18.7. The second-order valence-electron chi connectivity index (χ2n) is 3.18. The maximum Gasteiger partial charge on any atom is 0.197 e. The van der Waals surface area contributed by atoms with Crippen LogP contribution in [-0.4, -0.2) is 15.2 Å². The molecular weight excluding hydrogens is 230 g/mol. The minimum absolute atomic E-state index is 0.0159. The van der Waals surface area contributed by atoms with Gasteiger partial charge in [-0.15, -0.1) is 0 Å². The van der Waals surface area contributed by atoms with Crippen LogP contribution in [0.1, 0.15) is 5.76 Å². The lowest BCUT2D eigenvalue weighted by Gasteiger charge is -2.03. The van der Waals surface area contributed by atoms with E-state index in [1.807, 2.05) is 0 Å². The first-order valence-corrected chi connectivity index (χ1v) is 4.69. The molecule has 2 aromatic rings. The van der Waals surface area contributed by atoms with Gasteiger partial charge >= 0.3 is 0 Å². The molecule has 0 aliphatic rings. The first kappa shape index (κ1) is 10.4. The molecule has 0 radical (unpaired) electrons. The zero-order valence-electron chi connectivity index (χ0n) is 7.93. The average molecular weight is 237 g/mol. The molecule has 0 amide bonds. The predicted molar refractivity (Wildman–Crippen MR) is 61.7 cm³/mol. The minimum atomic E-state index is -0.471. The van der Waals surface area contributed by atoms with Crippen molar-refractivity contribution in [3.8, 4) is 11.5 Å². The Morgan fingerprint density at radius 3 is 2.62 bits per heavy atom. The minimum Gasteiger partial charge on any atom is -0.508 e. The molecule has 6 heteroatoms. The van der Waals surface area contributed by atoms with Gasteiger partial charge in [-0.25, -0.2) is 0 Å². The van der Waals surface area contributed by atoms with Crippen LogP contribution in [0.25, 0.3) is 11.0 Å². The summed E-state index contributed by atoms with van der Waals surface area (Å²) in [5.74, 6) is -0.524. The molecule has 1 heterocycles. The van der Waals surface area contributed by atoms with Gasteiger partial charge in [-0.3, -0.25) is 4.79 Å². The number of fused-ring (bicyclic) bond motifs is 1. The molecule has 1 aromatic heterocycles. The topological polar surface area (TPSA) is 96.7 Å².